The van der Waals surface area contributed by atoms with Gasteiger partial charge in [-0.05, 0) is 180 Å². The fourth-order valence-electron chi connectivity index (χ4n) is 11.7. The van der Waals surface area contributed by atoms with Crippen molar-refractivity contribution in [1.82, 2.24) is 0 Å². The molecule has 0 bridgehead atoms. The number of nitrogens with zero attached hydrogens (tertiary/aromatic N) is 4. The second-order valence-corrected chi connectivity index (χ2v) is 17.5. The molecule has 0 spiro atoms. The van der Waals surface area contributed by atoms with Gasteiger partial charge in [0.15, 0.2) is 0 Å². The van der Waals surface area contributed by atoms with Crippen LogP contribution in [-0.4, -0.2) is 0 Å². The molecule has 0 saturated carbocycles. The molecular weight excluding hydrogens is 801 g/mol. The minimum atomic E-state index is 0.329. The van der Waals surface area contributed by atoms with E-state index in [1.807, 2.05) is 48.5 Å². The Kier molecular flexibility index (Phi) is 7.08. The molecule has 4 heteroatoms. The Labute approximate surface area is 377 Å². The SMILES string of the molecule is N#Cc1cc2ccccc2c(-c2cc3c4cc5c(cc4c(-c4c(C#N)c(C#N)cc6ccccc46)cc3c3cc4c(cc23)-c2cccc3cccc-4c23)-c2cccc3cccc-5c23)c1C#N. The van der Waals surface area contributed by atoms with Gasteiger partial charge in [0, 0.05) is 11.1 Å². The molecule has 0 saturated heterocycles. The van der Waals surface area contributed by atoms with E-state index in [4.69, 9.17) is 0 Å². The van der Waals surface area contributed by atoms with Gasteiger partial charge in [-0.25, -0.2) is 0 Å². The molecule has 0 N–H and O–H groups in total. The van der Waals surface area contributed by atoms with E-state index in [0.29, 0.717) is 22.3 Å². The molecule has 0 atom stereocenters. The van der Waals surface area contributed by atoms with Gasteiger partial charge < -0.3 is 0 Å². The lowest BCUT2D eigenvalue weighted by atomic mass is 9.81. The highest BCUT2D eigenvalue weighted by Crippen LogP contribution is 2.55. The Bertz CT molecular complexity index is 4210. The maximum atomic E-state index is 11.0. The van der Waals surface area contributed by atoms with Gasteiger partial charge in [0.2, 0.25) is 0 Å². The smallest absolute Gasteiger partial charge is 0.101 e. The van der Waals surface area contributed by atoms with Crippen LogP contribution in [0.5, 0.6) is 0 Å². The highest BCUT2D eigenvalue weighted by atomic mass is 14.3. The Balaban J connectivity index is 1.24. The third kappa shape index (κ3) is 4.57. The normalized spacial score (nSPS) is 11.9. The number of benzene rings is 12. The van der Waals surface area contributed by atoms with Crippen molar-refractivity contribution in [2.24, 2.45) is 0 Å². The maximum Gasteiger partial charge on any atom is 0.101 e. The molecule has 0 amide bonds. The molecule has 2 aliphatic carbocycles. The van der Waals surface area contributed by atoms with E-state index in [2.05, 4.69) is 146 Å². The number of hydrogen-bond donors (Lipinski definition) is 0. The summed E-state index contributed by atoms with van der Waals surface area (Å²) in [5, 5.41) is 57.4. The Morgan fingerprint density at radius 2 is 0.561 bits per heavy atom. The van der Waals surface area contributed by atoms with Crippen molar-refractivity contribution in [3.63, 3.8) is 0 Å². The van der Waals surface area contributed by atoms with Crippen LogP contribution in [0, 0.1) is 45.3 Å². The van der Waals surface area contributed by atoms with E-state index in [1.165, 1.54) is 21.5 Å². The van der Waals surface area contributed by atoms with Crippen molar-refractivity contribution in [3.8, 4) is 91.0 Å². The summed E-state index contributed by atoms with van der Waals surface area (Å²) in [4.78, 5) is 0. The van der Waals surface area contributed by atoms with Crippen LogP contribution in [0.2, 0.25) is 0 Å². The minimum Gasteiger partial charge on any atom is -0.192 e. The second kappa shape index (κ2) is 13.0. The molecule has 66 heavy (non-hydrogen) atoms. The van der Waals surface area contributed by atoms with Crippen LogP contribution in [0.1, 0.15) is 22.3 Å². The van der Waals surface area contributed by atoms with E-state index >= 15 is 0 Å². The topological polar surface area (TPSA) is 95.2 Å². The molecule has 12 aromatic rings. The zero-order chi connectivity index (χ0) is 43.9. The first-order valence-electron chi connectivity index (χ1n) is 21.9. The molecule has 2 aliphatic rings. The van der Waals surface area contributed by atoms with Gasteiger partial charge in [0.25, 0.3) is 0 Å². The first-order valence-corrected chi connectivity index (χ1v) is 21.9. The fourth-order valence-corrected chi connectivity index (χ4v) is 11.7. The predicted molar refractivity (Wildman–Crippen MR) is 268 cm³/mol. The Hall–Kier alpha value is -9.58. The average molecular weight is 829 g/mol. The maximum absolute atomic E-state index is 11.0. The third-order valence-electron chi connectivity index (χ3n) is 14.4. The molecule has 0 aliphatic heterocycles. The summed E-state index contributed by atoms with van der Waals surface area (Å²) in [6.45, 7) is 0. The number of rotatable bonds is 2. The summed E-state index contributed by atoms with van der Waals surface area (Å²) >= 11 is 0. The van der Waals surface area contributed by atoms with Gasteiger partial charge in [-0.1, -0.05) is 121 Å². The molecule has 0 fully saturated rings. The van der Waals surface area contributed by atoms with Gasteiger partial charge in [-0.2, -0.15) is 21.0 Å². The van der Waals surface area contributed by atoms with Crippen molar-refractivity contribution in [3.05, 3.63) is 192 Å². The van der Waals surface area contributed by atoms with Crippen molar-refractivity contribution >= 4 is 75.4 Å². The summed E-state index contributed by atoms with van der Waals surface area (Å²) in [6, 6.07) is 69.0. The summed E-state index contributed by atoms with van der Waals surface area (Å²) in [5.41, 5.74) is 13.6. The molecule has 296 valence electrons. The predicted octanol–water partition coefficient (Wildman–Crippen LogP) is 15.9. The molecule has 0 radical (unpaired) electrons. The molecule has 12 aromatic carbocycles. The Morgan fingerprint density at radius 1 is 0.242 bits per heavy atom. The molecule has 0 aromatic heterocycles. The van der Waals surface area contributed by atoms with Gasteiger partial charge >= 0.3 is 0 Å². The van der Waals surface area contributed by atoms with E-state index in [1.54, 1.807) is 0 Å². The van der Waals surface area contributed by atoms with E-state index in [9.17, 15) is 21.0 Å². The minimum absolute atomic E-state index is 0.329. The summed E-state index contributed by atoms with van der Waals surface area (Å²) < 4.78 is 0. The van der Waals surface area contributed by atoms with Crippen molar-refractivity contribution < 1.29 is 0 Å². The molecular formula is C62H28N4. The first kappa shape index (κ1) is 36.0. The largest absolute Gasteiger partial charge is 0.192 e. The van der Waals surface area contributed by atoms with Crippen molar-refractivity contribution in [2.75, 3.05) is 0 Å². The summed E-state index contributed by atoms with van der Waals surface area (Å²) in [7, 11) is 0. The highest BCUT2D eigenvalue weighted by molar-refractivity contribution is 6.30. The van der Waals surface area contributed by atoms with Crippen LogP contribution in [0.15, 0.2) is 170 Å². The van der Waals surface area contributed by atoms with Crippen LogP contribution in [-0.2, 0) is 0 Å². The first-order chi connectivity index (χ1) is 32.6. The monoisotopic (exact) mass is 828 g/mol. The lowest BCUT2D eigenvalue weighted by molar-refractivity contribution is 1.44. The van der Waals surface area contributed by atoms with Gasteiger partial charge in [0.1, 0.15) is 24.3 Å². The summed E-state index contributed by atoms with van der Waals surface area (Å²) in [5.74, 6) is 0. The lowest BCUT2D eigenvalue weighted by Crippen LogP contribution is -1.97. The molecule has 14 rings (SSSR count). The quantitative estimate of drug-likeness (QED) is 0.162. The van der Waals surface area contributed by atoms with Gasteiger partial charge in [0.05, 0.1) is 22.3 Å². The van der Waals surface area contributed by atoms with E-state index in [0.717, 1.165) is 121 Å². The lowest BCUT2D eigenvalue weighted by Gasteiger charge is -2.21. The van der Waals surface area contributed by atoms with Crippen molar-refractivity contribution in [1.29, 1.82) is 21.0 Å². The fraction of sp³-hybridized carbons (Fsp3) is 0. The molecule has 0 unspecified atom stereocenters. The van der Waals surface area contributed by atoms with E-state index < -0.39 is 0 Å². The third-order valence-corrected chi connectivity index (χ3v) is 14.4. The van der Waals surface area contributed by atoms with Gasteiger partial charge in [-0.15, -0.1) is 0 Å². The average Bonchev–Trinajstić information content (AvgIpc) is 3.86. The zero-order valence-corrected chi connectivity index (χ0v) is 35.0. The van der Waals surface area contributed by atoms with E-state index in [-0.39, 0.29) is 0 Å². The molecule has 0 heterocycles. The summed E-state index contributed by atoms with van der Waals surface area (Å²) in [6.07, 6.45) is 0. The van der Waals surface area contributed by atoms with Gasteiger partial charge in [-0.3, -0.25) is 0 Å². The molecule has 4 nitrogen and oxygen atoms in total. The van der Waals surface area contributed by atoms with Crippen LogP contribution in [0.4, 0.5) is 0 Å². The van der Waals surface area contributed by atoms with Crippen LogP contribution < -0.4 is 0 Å². The number of hydrogen-bond acceptors (Lipinski definition) is 4. The van der Waals surface area contributed by atoms with Crippen LogP contribution >= 0.6 is 0 Å². The Morgan fingerprint density at radius 3 is 0.924 bits per heavy atom. The van der Waals surface area contributed by atoms with Crippen LogP contribution in [0.3, 0.4) is 0 Å². The number of fused-ring (bicyclic) bond motifs is 13. The second-order valence-electron chi connectivity index (χ2n) is 17.5. The number of nitriles is 4. The van der Waals surface area contributed by atoms with Crippen molar-refractivity contribution in [2.45, 2.75) is 0 Å². The van der Waals surface area contributed by atoms with Crippen LogP contribution in [0.25, 0.3) is 142 Å². The highest BCUT2D eigenvalue weighted by Gasteiger charge is 2.29. The standard InChI is InChI=1S/C62H28N4/c63-29-37-21-35-9-1-3-15-39(35)61(57(37)31-65)55-27-51-50-24-46-42-18-6-12-34-14-8-20-44(60(34)42)48(46)26-54(50)56(62-40-16-4-2-10-36(40)22-38(30-64)58(62)32-66)28-52(51)49-23-45-41-17-5-11-33-13-7-19-43(59(33)41)47(45)25-53(49)55/h1-28H. The zero-order valence-electron chi connectivity index (χ0n) is 35.0.